The Morgan fingerprint density at radius 1 is 1.11 bits per heavy atom. The maximum Gasteiger partial charge on any atom is 0.322 e. The summed E-state index contributed by atoms with van der Waals surface area (Å²) >= 11 is 1.97. The van der Waals surface area contributed by atoms with Gasteiger partial charge in [-0.05, 0) is 50.2 Å². The number of piperidine rings is 1. The summed E-state index contributed by atoms with van der Waals surface area (Å²) in [7, 11) is 3.21. The molecule has 2 fully saturated rings. The molecule has 7 heteroatoms. The van der Waals surface area contributed by atoms with E-state index in [2.05, 4.69) is 10.2 Å². The first-order valence-corrected chi connectivity index (χ1v) is 11.0. The summed E-state index contributed by atoms with van der Waals surface area (Å²) < 4.78 is 10.6. The quantitative estimate of drug-likeness (QED) is 0.829. The summed E-state index contributed by atoms with van der Waals surface area (Å²) in [5.74, 6) is 3.41. The highest BCUT2D eigenvalue weighted by molar-refractivity contribution is 7.99. The molecule has 1 aromatic rings. The second kappa shape index (κ2) is 10.1. The highest BCUT2D eigenvalue weighted by Gasteiger charge is 2.28. The molecule has 2 amide bonds. The van der Waals surface area contributed by atoms with Gasteiger partial charge in [0.2, 0.25) is 0 Å². The molecule has 2 saturated heterocycles. The van der Waals surface area contributed by atoms with Gasteiger partial charge < -0.3 is 24.6 Å². The van der Waals surface area contributed by atoms with Gasteiger partial charge in [0.25, 0.3) is 0 Å². The SMILES string of the molecule is COc1ccc(NC(=O)N2CCCSCC2CN2CCCCC2)cc1OC. The van der Waals surface area contributed by atoms with E-state index in [-0.39, 0.29) is 12.1 Å². The molecule has 27 heavy (non-hydrogen) atoms. The lowest BCUT2D eigenvalue weighted by atomic mass is 10.1. The Morgan fingerprint density at radius 2 is 1.89 bits per heavy atom. The smallest absolute Gasteiger partial charge is 0.322 e. The van der Waals surface area contributed by atoms with Crippen molar-refractivity contribution in [3.63, 3.8) is 0 Å². The van der Waals surface area contributed by atoms with Crippen LogP contribution in [0.2, 0.25) is 0 Å². The Kier molecular flexibility index (Phi) is 7.52. The van der Waals surface area contributed by atoms with E-state index in [9.17, 15) is 4.79 Å². The van der Waals surface area contributed by atoms with E-state index in [0.717, 1.165) is 49.8 Å². The minimum absolute atomic E-state index is 0.0215. The maximum absolute atomic E-state index is 13.0. The number of nitrogens with one attached hydrogen (secondary N) is 1. The molecular weight excluding hydrogens is 362 g/mol. The van der Waals surface area contributed by atoms with Crippen molar-refractivity contribution in [2.75, 3.05) is 57.2 Å². The van der Waals surface area contributed by atoms with Gasteiger partial charge in [0.1, 0.15) is 0 Å². The van der Waals surface area contributed by atoms with Crippen LogP contribution in [0.15, 0.2) is 18.2 Å². The van der Waals surface area contributed by atoms with Crippen LogP contribution in [-0.2, 0) is 0 Å². The van der Waals surface area contributed by atoms with Crippen LogP contribution in [-0.4, -0.2) is 73.8 Å². The van der Waals surface area contributed by atoms with E-state index in [1.807, 2.05) is 34.9 Å². The van der Waals surface area contributed by atoms with Gasteiger partial charge in [-0.1, -0.05) is 6.42 Å². The Labute approximate surface area is 166 Å². The third-order valence-electron chi connectivity index (χ3n) is 5.25. The van der Waals surface area contributed by atoms with Gasteiger partial charge in [-0.25, -0.2) is 4.79 Å². The third-order valence-corrected chi connectivity index (χ3v) is 6.45. The van der Waals surface area contributed by atoms with Crippen molar-refractivity contribution in [3.05, 3.63) is 18.2 Å². The van der Waals surface area contributed by atoms with Gasteiger partial charge in [0.15, 0.2) is 11.5 Å². The monoisotopic (exact) mass is 393 g/mol. The summed E-state index contributed by atoms with van der Waals surface area (Å²) in [5, 5.41) is 3.06. The zero-order valence-corrected chi connectivity index (χ0v) is 17.2. The second-order valence-electron chi connectivity index (χ2n) is 7.14. The van der Waals surface area contributed by atoms with Crippen molar-refractivity contribution in [1.29, 1.82) is 0 Å². The summed E-state index contributed by atoms with van der Waals surface area (Å²) in [4.78, 5) is 17.6. The Balaban J connectivity index is 1.67. The fourth-order valence-corrected chi connectivity index (χ4v) is 4.85. The number of hydrogen-bond donors (Lipinski definition) is 1. The zero-order chi connectivity index (χ0) is 19.1. The summed E-state index contributed by atoms with van der Waals surface area (Å²) in [6.45, 7) is 4.11. The fraction of sp³-hybridized carbons (Fsp3) is 0.650. The van der Waals surface area contributed by atoms with Crippen LogP contribution >= 0.6 is 11.8 Å². The van der Waals surface area contributed by atoms with E-state index in [1.54, 1.807) is 14.2 Å². The first-order chi connectivity index (χ1) is 13.2. The predicted molar refractivity (Wildman–Crippen MR) is 111 cm³/mol. The van der Waals surface area contributed by atoms with E-state index in [0.29, 0.717) is 11.5 Å². The molecule has 1 unspecified atom stereocenters. The van der Waals surface area contributed by atoms with Crippen LogP contribution in [0.3, 0.4) is 0 Å². The number of hydrogen-bond acceptors (Lipinski definition) is 5. The van der Waals surface area contributed by atoms with Gasteiger partial charge >= 0.3 is 6.03 Å². The molecule has 2 aliphatic rings. The van der Waals surface area contributed by atoms with Crippen molar-refractivity contribution < 1.29 is 14.3 Å². The molecule has 150 valence electrons. The van der Waals surface area contributed by atoms with Crippen molar-refractivity contribution in [3.8, 4) is 11.5 Å². The standard InChI is InChI=1S/C20H31N3O3S/c1-25-18-8-7-16(13-19(18)26-2)21-20(24)23-11-6-12-27-15-17(23)14-22-9-4-3-5-10-22/h7-8,13,17H,3-6,9-12,14-15H2,1-2H3,(H,21,24). The van der Waals surface area contributed by atoms with E-state index < -0.39 is 0 Å². The highest BCUT2D eigenvalue weighted by Crippen LogP contribution is 2.30. The Bertz CT molecular complexity index is 622. The molecule has 0 radical (unpaired) electrons. The molecule has 1 atom stereocenters. The van der Waals surface area contributed by atoms with E-state index >= 15 is 0 Å². The minimum Gasteiger partial charge on any atom is -0.493 e. The number of methoxy groups -OCH3 is 2. The number of benzene rings is 1. The minimum atomic E-state index is -0.0215. The van der Waals surface area contributed by atoms with E-state index in [4.69, 9.17) is 9.47 Å². The molecule has 0 saturated carbocycles. The van der Waals surface area contributed by atoms with Crippen molar-refractivity contribution in [2.24, 2.45) is 0 Å². The zero-order valence-electron chi connectivity index (χ0n) is 16.4. The number of carbonyl (C=O) groups excluding carboxylic acids is 1. The molecule has 0 bridgehead atoms. The normalized spacial score (nSPS) is 21.4. The highest BCUT2D eigenvalue weighted by atomic mass is 32.2. The lowest BCUT2D eigenvalue weighted by molar-refractivity contribution is 0.151. The Morgan fingerprint density at radius 3 is 2.63 bits per heavy atom. The number of urea groups is 1. The Hall–Kier alpha value is -1.60. The number of anilines is 1. The summed E-state index contributed by atoms with van der Waals surface area (Å²) in [6.07, 6.45) is 4.93. The van der Waals surface area contributed by atoms with Crippen molar-refractivity contribution >= 4 is 23.5 Å². The first kappa shape index (κ1) is 20.1. The number of rotatable bonds is 5. The van der Waals surface area contributed by atoms with Gasteiger partial charge in [-0.2, -0.15) is 11.8 Å². The number of amides is 2. The van der Waals surface area contributed by atoms with Crippen LogP contribution in [0.5, 0.6) is 11.5 Å². The first-order valence-electron chi connectivity index (χ1n) is 9.81. The maximum atomic E-state index is 13.0. The number of carbonyl (C=O) groups is 1. The lowest BCUT2D eigenvalue weighted by Gasteiger charge is -2.35. The second-order valence-corrected chi connectivity index (χ2v) is 8.29. The topological polar surface area (TPSA) is 54.0 Å². The molecule has 6 nitrogen and oxygen atoms in total. The summed E-state index contributed by atoms with van der Waals surface area (Å²) in [5.41, 5.74) is 0.728. The lowest BCUT2D eigenvalue weighted by Crippen LogP contribution is -2.50. The van der Waals surface area contributed by atoms with Gasteiger partial charge in [-0.15, -0.1) is 0 Å². The predicted octanol–water partition coefficient (Wildman–Crippen LogP) is 3.53. The largest absolute Gasteiger partial charge is 0.493 e. The van der Waals surface area contributed by atoms with Crippen LogP contribution in [0.25, 0.3) is 0 Å². The molecular formula is C20H31N3O3S. The molecule has 0 aromatic heterocycles. The van der Waals surface area contributed by atoms with Crippen LogP contribution in [0.1, 0.15) is 25.7 Å². The molecule has 3 rings (SSSR count). The van der Waals surface area contributed by atoms with Gasteiger partial charge in [0, 0.05) is 30.6 Å². The third kappa shape index (κ3) is 5.45. The number of thioether (sulfide) groups is 1. The van der Waals surface area contributed by atoms with Crippen LogP contribution in [0, 0.1) is 0 Å². The molecule has 2 aliphatic heterocycles. The fourth-order valence-electron chi connectivity index (χ4n) is 3.80. The van der Waals surface area contributed by atoms with E-state index in [1.165, 1.54) is 19.3 Å². The molecule has 2 heterocycles. The van der Waals surface area contributed by atoms with Gasteiger partial charge in [0.05, 0.1) is 20.3 Å². The van der Waals surface area contributed by atoms with Crippen LogP contribution in [0.4, 0.5) is 10.5 Å². The molecule has 1 aromatic carbocycles. The van der Waals surface area contributed by atoms with Crippen molar-refractivity contribution in [1.82, 2.24) is 9.80 Å². The number of likely N-dealkylation sites (tertiary alicyclic amines) is 1. The molecule has 0 spiro atoms. The number of nitrogens with zero attached hydrogens (tertiary/aromatic N) is 2. The average molecular weight is 394 g/mol. The molecule has 0 aliphatic carbocycles. The van der Waals surface area contributed by atoms with Gasteiger partial charge in [-0.3, -0.25) is 0 Å². The summed E-state index contributed by atoms with van der Waals surface area (Å²) in [6, 6.07) is 5.72. The van der Waals surface area contributed by atoms with Crippen molar-refractivity contribution in [2.45, 2.75) is 31.7 Å². The average Bonchev–Trinajstić information content (AvgIpc) is 2.94. The molecule has 1 N–H and O–H groups in total. The van der Waals surface area contributed by atoms with Crippen LogP contribution < -0.4 is 14.8 Å². The number of ether oxygens (including phenoxy) is 2.